The molecule has 27 heavy (non-hydrogen) atoms. The zero-order valence-corrected chi connectivity index (χ0v) is 17.2. The number of carbonyl (C=O) groups is 1. The second-order valence-corrected chi connectivity index (χ2v) is 7.62. The molecule has 0 amide bonds. The van der Waals surface area contributed by atoms with Gasteiger partial charge in [-0.25, -0.2) is 9.97 Å². The molecule has 0 spiro atoms. The Bertz CT molecular complexity index is 1200. The zero-order chi connectivity index (χ0) is 19.1. The third kappa shape index (κ3) is 3.13. The lowest BCUT2D eigenvalue weighted by atomic mass is 10.0. The first kappa shape index (κ1) is 18.1. The number of Topliss-reactive ketones (excluding diaryl/α,β-unsaturated/α-hetero) is 1. The van der Waals surface area contributed by atoms with Crippen LogP contribution in [0.15, 0.2) is 41.4 Å². The molecule has 0 saturated carbocycles. The average Bonchev–Trinajstić information content (AvgIpc) is 3.04. The van der Waals surface area contributed by atoms with E-state index in [9.17, 15) is 4.79 Å². The lowest BCUT2D eigenvalue weighted by Gasteiger charge is -2.12. The molecule has 0 radical (unpaired) electrons. The molecule has 7 heteroatoms. The third-order valence-electron chi connectivity index (χ3n) is 4.54. The molecule has 0 bridgehead atoms. The minimum atomic E-state index is 0.0678. The second-order valence-electron chi connectivity index (χ2n) is 6.42. The summed E-state index contributed by atoms with van der Waals surface area (Å²) < 4.78 is 2.82. The third-order valence-corrected chi connectivity index (χ3v) is 5.31. The van der Waals surface area contributed by atoms with Crippen LogP contribution in [-0.2, 0) is 0 Å². The van der Waals surface area contributed by atoms with E-state index in [0.29, 0.717) is 17.3 Å². The number of aryl methyl sites for hydroxylation is 1. The van der Waals surface area contributed by atoms with Crippen LogP contribution in [0, 0.1) is 6.92 Å². The van der Waals surface area contributed by atoms with Crippen LogP contribution in [0.4, 0.5) is 0 Å². The summed E-state index contributed by atoms with van der Waals surface area (Å²) in [4.78, 5) is 25.3. The summed E-state index contributed by atoms with van der Waals surface area (Å²) in [6, 6.07) is 5.70. The van der Waals surface area contributed by atoms with Gasteiger partial charge < -0.3 is 0 Å². The predicted molar refractivity (Wildman–Crippen MR) is 110 cm³/mol. The smallest absolute Gasteiger partial charge is 0.181 e. The van der Waals surface area contributed by atoms with Gasteiger partial charge in [0.1, 0.15) is 21.1 Å². The number of halogens is 2. The minimum absolute atomic E-state index is 0.0678. The van der Waals surface area contributed by atoms with Crippen molar-refractivity contribution in [1.82, 2.24) is 19.4 Å². The molecule has 4 heterocycles. The van der Waals surface area contributed by atoms with Gasteiger partial charge in [-0.2, -0.15) is 0 Å². The zero-order valence-electron chi connectivity index (χ0n) is 14.8. The molecule has 4 rings (SSSR count). The Balaban J connectivity index is 1.96. The molecule has 136 valence electrons. The first-order valence-electron chi connectivity index (χ1n) is 8.61. The number of hydrogen-bond donors (Lipinski definition) is 0. The molecule has 0 aliphatic rings. The van der Waals surface area contributed by atoms with E-state index in [4.69, 9.17) is 11.6 Å². The number of aromatic nitrogens is 4. The van der Waals surface area contributed by atoms with Gasteiger partial charge >= 0.3 is 0 Å². The highest BCUT2D eigenvalue weighted by atomic mass is 79.9. The maximum absolute atomic E-state index is 12.2. The number of hydrogen-bond acceptors (Lipinski definition) is 4. The first-order chi connectivity index (χ1) is 13.0. The number of nitrogens with zero attached hydrogens (tertiary/aromatic N) is 4. The molecule has 0 aliphatic heterocycles. The molecular weight excluding hydrogens is 428 g/mol. The fourth-order valence-corrected chi connectivity index (χ4v) is 3.86. The highest BCUT2D eigenvalue weighted by Crippen LogP contribution is 2.33. The standard InChI is InChI=1S/C20H16BrClN4O/c1-3-4-17(27)15-5-11(2)14(9-23-15)13-6-12-8-24-19(22)7-16(12)26-18(21)10-25-20(13)26/h5-10H,3-4H2,1-2H3. The normalized spacial score (nSPS) is 11.4. The molecular formula is C20H16BrClN4O. The van der Waals surface area contributed by atoms with Crippen molar-refractivity contribution in [2.75, 3.05) is 0 Å². The topological polar surface area (TPSA) is 60.2 Å². The first-order valence-corrected chi connectivity index (χ1v) is 9.78. The molecule has 4 aromatic heterocycles. The molecule has 0 saturated heterocycles. The summed E-state index contributed by atoms with van der Waals surface area (Å²) in [6.07, 6.45) is 6.57. The van der Waals surface area contributed by atoms with E-state index in [2.05, 4.69) is 30.9 Å². The Kier molecular flexibility index (Phi) is 4.70. The molecule has 0 unspecified atom stereocenters. The largest absolute Gasteiger partial charge is 0.292 e. The molecule has 0 fully saturated rings. The van der Waals surface area contributed by atoms with Crippen molar-refractivity contribution in [1.29, 1.82) is 0 Å². The van der Waals surface area contributed by atoms with E-state index >= 15 is 0 Å². The Morgan fingerprint density at radius 3 is 2.67 bits per heavy atom. The van der Waals surface area contributed by atoms with Crippen LogP contribution in [0.25, 0.3) is 27.7 Å². The van der Waals surface area contributed by atoms with Gasteiger partial charge in [-0.3, -0.25) is 14.2 Å². The quantitative estimate of drug-likeness (QED) is 0.302. The van der Waals surface area contributed by atoms with Gasteiger partial charge in [-0.15, -0.1) is 0 Å². The molecule has 0 atom stereocenters. The van der Waals surface area contributed by atoms with Gasteiger partial charge in [0.15, 0.2) is 5.78 Å². The highest BCUT2D eigenvalue weighted by Gasteiger charge is 2.16. The molecule has 5 nitrogen and oxygen atoms in total. The highest BCUT2D eigenvalue weighted by molar-refractivity contribution is 9.10. The number of rotatable bonds is 4. The number of carbonyl (C=O) groups excluding carboxylic acids is 1. The average molecular weight is 444 g/mol. The van der Waals surface area contributed by atoms with Crippen molar-refractivity contribution < 1.29 is 4.79 Å². The summed E-state index contributed by atoms with van der Waals surface area (Å²) in [5.74, 6) is 0.0678. The number of fused-ring (bicyclic) bond motifs is 3. The lowest BCUT2D eigenvalue weighted by molar-refractivity contribution is 0.0977. The lowest BCUT2D eigenvalue weighted by Crippen LogP contribution is -2.03. The summed E-state index contributed by atoms with van der Waals surface area (Å²) in [5.41, 5.74) is 5.05. The Morgan fingerprint density at radius 1 is 1.11 bits per heavy atom. The SMILES string of the molecule is CCCC(=O)c1cc(C)c(-c2cc3cnc(Cl)cc3n3c(Br)cnc23)cn1. The van der Waals surface area contributed by atoms with Gasteiger partial charge in [0, 0.05) is 41.4 Å². The van der Waals surface area contributed by atoms with Gasteiger partial charge in [-0.05, 0) is 47.0 Å². The fraction of sp³-hybridized carbons (Fsp3) is 0.200. The minimum Gasteiger partial charge on any atom is -0.292 e. The van der Waals surface area contributed by atoms with Crippen molar-refractivity contribution in [3.8, 4) is 11.1 Å². The van der Waals surface area contributed by atoms with Gasteiger partial charge in [0.2, 0.25) is 0 Å². The van der Waals surface area contributed by atoms with Crippen LogP contribution >= 0.6 is 27.5 Å². The van der Waals surface area contributed by atoms with Crippen molar-refractivity contribution in [3.05, 3.63) is 57.8 Å². The number of pyridine rings is 3. The summed E-state index contributed by atoms with van der Waals surface area (Å²) in [7, 11) is 0. The van der Waals surface area contributed by atoms with Crippen molar-refractivity contribution in [2.24, 2.45) is 0 Å². The maximum atomic E-state index is 12.2. The molecule has 0 N–H and O–H groups in total. The predicted octanol–water partition coefficient (Wildman–Crippen LogP) is 5.65. The molecule has 0 aliphatic carbocycles. The Labute approximate surface area is 169 Å². The van der Waals surface area contributed by atoms with E-state index < -0.39 is 0 Å². The summed E-state index contributed by atoms with van der Waals surface area (Å²) in [5, 5.41) is 1.36. The van der Waals surface area contributed by atoms with Gasteiger partial charge in [-0.1, -0.05) is 18.5 Å². The van der Waals surface area contributed by atoms with Crippen LogP contribution in [0.5, 0.6) is 0 Å². The molecule has 0 aromatic carbocycles. The van der Waals surface area contributed by atoms with Gasteiger partial charge in [0.05, 0.1) is 11.7 Å². The monoisotopic (exact) mass is 442 g/mol. The van der Waals surface area contributed by atoms with Crippen LogP contribution < -0.4 is 0 Å². The van der Waals surface area contributed by atoms with Crippen LogP contribution in [0.2, 0.25) is 5.15 Å². The Hall–Kier alpha value is -2.31. The van der Waals surface area contributed by atoms with Crippen LogP contribution in [0.3, 0.4) is 0 Å². The van der Waals surface area contributed by atoms with Crippen molar-refractivity contribution >= 4 is 49.9 Å². The van der Waals surface area contributed by atoms with E-state index in [0.717, 1.165) is 44.3 Å². The van der Waals surface area contributed by atoms with E-state index in [1.165, 1.54) is 0 Å². The fourth-order valence-electron chi connectivity index (χ4n) is 3.25. The Morgan fingerprint density at radius 2 is 1.93 bits per heavy atom. The maximum Gasteiger partial charge on any atom is 0.181 e. The number of ketones is 1. The van der Waals surface area contributed by atoms with Gasteiger partial charge in [0.25, 0.3) is 0 Å². The number of imidazole rings is 1. The van der Waals surface area contributed by atoms with Crippen molar-refractivity contribution in [3.63, 3.8) is 0 Å². The van der Waals surface area contributed by atoms with Crippen LogP contribution in [0.1, 0.15) is 35.8 Å². The van der Waals surface area contributed by atoms with E-state index in [1.807, 2.05) is 36.4 Å². The summed E-state index contributed by atoms with van der Waals surface area (Å²) in [6.45, 7) is 3.97. The second kappa shape index (κ2) is 7.02. The van der Waals surface area contributed by atoms with Crippen molar-refractivity contribution in [2.45, 2.75) is 26.7 Å². The molecule has 4 aromatic rings. The van der Waals surface area contributed by atoms with Crippen LogP contribution in [-0.4, -0.2) is 25.1 Å². The summed E-state index contributed by atoms with van der Waals surface area (Å²) >= 11 is 9.65. The van der Waals surface area contributed by atoms with E-state index in [-0.39, 0.29) is 5.78 Å². The van der Waals surface area contributed by atoms with E-state index in [1.54, 1.807) is 18.6 Å².